The third-order valence-electron chi connectivity index (χ3n) is 5.37. The molecule has 1 heterocycles. The summed E-state index contributed by atoms with van der Waals surface area (Å²) in [5.41, 5.74) is 0.580. The molecule has 10 nitrogen and oxygen atoms in total. The maximum Gasteiger partial charge on any atom is 0.340 e. The average Bonchev–Trinajstić information content (AvgIpc) is 3.28. The molecule has 0 aromatic heterocycles. The van der Waals surface area contributed by atoms with Crippen molar-refractivity contribution in [1.29, 1.82) is 0 Å². The van der Waals surface area contributed by atoms with E-state index < -0.39 is 41.3 Å². The van der Waals surface area contributed by atoms with Crippen LogP contribution in [0.25, 0.3) is 0 Å². The first-order valence-corrected chi connectivity index (χ1v) is 11.0. The Bertz CT molecular complexity index is 1230. The van der Waals surface area contributed by atoms with Gasteiger partial charge < -0.3 is 18.9 Å². The second-order valence-corrected chi connectivity index (χ2v) is 7.82. The number of esters is 3. The number of nitro benzene ring substituents is 1. The predicted octanol–water partition coefficient (Wildman–Crippen LogP) is 3.95. The van der Waals surface area contributed by atoms with Gasteiger partial charge in [-0.05, 0) is 36.4 Å². The lowest BCUT2D eigenvalue weighted by atomic mass is 10.1. The van der Waals surface area contributed by atoms with Crippen molar-refractivity contribution in [2.45, 2.75) is 24.9 Å². The second kappa shape index (κ2) is 11.2. The van der Waals surface area contributed by atoms with E-state index in [1.54, 1.807) is 60.7 Å². The van der Waals surface area contributed by atoms with Crippen LogP contribution < -0.4 is 0 Å². The van der Waals surface area contributed by atoms with Crippen molar-refractivity contribution in [3.8, 4) is 0 Å². The van der Waals surface area contributed by atoms with Gasteiger partial charge in [0.15, 0.2) is 0 Å². The molecule has 0 saturated carbocycles. The van der Waals surface area contributed by atoms with Crippen LogP contribution in [0.15, 0.2) is 84.9 Å². The lowest BCUT2D eigenvalue weighted by molar-refractivity contribution is -0.384. The molecule has 1 aliphatic rings. The molecule has 0 spiro atoms. The number of nitrogens with zero attached hydrogens (tertiary/aromatic N) is 1. The van der Waals surface area contributed by atoms with Gasteiger partial charge in [0.2, 0.25) is 6.29 Å². The van der Waals surface area contributed by atoms with E-state index in [1.165, 1.54) is 24.3 Å². The molecule has 1 fully saturated rings. The molecule has 3 aromatic rings. The molecule has 0 bridgehead atoms. The van der Waals surface area contributed by atoms with E-state index >= 15 is 0 Å². The van der Waals surface area contributed by atoms with Crippen LogP contribution >= 0.6 is 0 Å². The molecule has 10 heteroatoms. The van der Waals surface area contributed by atoms with E-state index in [-0.39, 0.29) is 24.3 Å². The van der Waals surface area contributed by atoms with Gasteiger partial charge in [-0.15, -0.1) is 0 Å². The van der Waals surface area contributed by atoms with Gasteiger partial charge in [0.25, 0.3) is 5.69 Å². The molecule has 0 N–H and O–H groups in total. The molecule has 4 rings (SSSR count). The molecule has 3 atom stereocenters. The Morgan fingerprint density at radius 2 is 1.31 bits per heavy atom. The van der Waals surface area contributed by atoms with Gasteiger partial charge in [0.05, 0.1) is 28.0 Å². The number of ether oxygens (including phenoxy) is 4. The Morgan fingerprint density at radius 3 is 1.89 bits per heavy atom. The molecule has 36 heavy (non-hydrogen) atoms. The summed E-state index contributed by atoms with van der Waals surface area (Å²) >= 11 is 0. The number of benzene rings is 3. The molecule has 3 aromatic carbocycles. The fraction of sp³-hybridized carbons (Fsp3) is 0.192. The Morgan fingerprint density at radius 1 is 0.778 bits per heavy atom. The number of hydrogen-bond donors (Lipinski definition) is 0. The summed E-state index contributed by atoms with van der Waals surface area (Å²) in [6.07, 6.45) is -2.84. The van der Waals surface area contributed by atoms with Crippen molar-refractivity contribution in [3.63, 3.8) is 0 Å². The quantitative estimate of drug-likeness (QED) is 0.199. The number of nitro groups is 1. The van der Waals surface area contributed by atoms with Crippen LogP contribution in [0.2, 0.25) is 0 Å². The smallest absolute Gasteiger partial charge is 0.340 e. The summed E-state index contributed by atoms with van der Waals surface area (Å²) in [6, 6.07) is 21.6. The van der Waals surface area contributed by atoms with Crippen molar-refractivity contribution in [2.75, 3.05) is 6.61 Å². The van der Waals surface area contributed by atoms with E-state index in [4.69, 9.17) is 18.9 Å². The highest BCUT2D eigenvalue weighted by Gasteiger charge is 2.41. The van der Waals surface area contributed by atoms with Gasteiger partial charge in [0, 0.05) is 12.1 Å². The first-order valence-electron chi connectivity index (χ1n) is 11.0. The summed E-state index contributed by atoms with van der Waals surface area (Å²) in [4.78, 5) is 47.7. The van der Waals surface area contributed by atoms with Gasteiger partial charge in [-0.25, -0.2) is 14.4 Å². The maximum atomic E-state index is 12.6. The zero-order valence-corrected chi connectivity index (χ0v) is 18.9. The maximum absolute atomic E-state index is 12.6. The lowest BCUT2D eigenvalue weighted by Crippen LogP contribution is -2.32. The molecule has 0 aliphatic carbocycles. The van der Waals surface area contributed by atoms with E-state index in [0.29, 0.717) is 11.1 Å². The fourth-order valence-corrected chi connectivity index (χ4v) is 3.53. The van der Waals surface area contributed by atoms with E-state index in [0.717, 1.165) is 0 Å². The van der Waals surface area contributed by atoms with Crippen molar-refractivity contribution in [2.24, 2.45) is 0 Å². The molecule has 184 valence electrons. The largest absolute Gasteiger partial charge is 0.459 e. The first-order chi connectivity index (χ1) is 17.4. The van der Waals surface area contributed by atoms with Gasteiger partial charge in [-0.1, -0.05) is 36.4 Å². The highest BCUT2D eigenvalue weighted by Crippen LogP contribution is 2.27. The third-order valence-corrected chi connectivity index (χ3v) is 5.37. The second-order valence-electron chi connectivity index (χ2n) is 7.82. The number of hydrogen-bond acceptors (Lipinski definition) is 9. The third kappa shape index (κ3) is 6.10. The molecular formula is C26H21NO9. The van der Waals surface area contributed by atoms with Crippen molar-refractivity contribution in [3.05, 3.63) is 112 Å². The summed E-state index contributed by atoms with van der Waals surface area (Å²) in [7, 11) is 0. The fourth-order valence-electron chi connectivity index (χ4n) is 3.53. The summed E-state index contributed by atoms with van der Waals surface area (Å²) < 4.78 is 22.0. The Kier molecular flexibility index (Phi) is 7.66. The van der Waals surface area contributed by atoms with E-state index in [9.17, 15) is 24.5 Å². The normalized spacial score (nSPS) is 18.7. The standard InChI is InChI=1S/C26H21NO9/c28-24(17-7-3-1-4-8-17)33-16-22-21(35-25(29)18-9-5-2-6-10-18)15-23(34-22)36-26(30)19-11-13-20(14-12-19)27(31)32/h1-14,21-23H,15-16H2/t21-,22+,23-/m0/s1. The van der Waals surface area contributed by atoms with Crippen LogP contribution in [0.1, 0.15) is 37.5 Å². The van der Waals surface area contributed by atoms with Gasteiger partial charge in [0.1, 0.15) is 18.8 Å². The highest BCUT2D eigenvalue weighted by molar-refractivity contribution is 5.90. The summed E-state index contributed by atoms with van der Waals surface area (Å²) in [5, 5.41) is 10.8. The molecule has 1 aliphatic heterocycles. The number of carbonyl (C=O) groups excluding carboxylic acids is 3. The van der Waals surface area contributed by atoms with Crippen molar-refractivity contribution >= 4 is 23.6 Å². The van der Waals surface area contributed by atoms with Crippen LogP contribution in [-0.2, 0) is 18.9 Å². The highest BCUT2D eigenvalue weighted by atomic mass is 16.7. The average molecular weight is 491 g/mol. The van der Waals surface area contributed by atoms with Gasteiger partial charge in [-0.3, -0.25) is 10.1 Å². The topological polar surface area (TPSA) is 131 Å². The summed E-state index contributed by atoms with van der Waals surface area (Å²) in [6.45, 7) is -0.244. The van der Waals surface area contributed by atoms with Crippen molar-refractivity contribution in [1.82, 2.24) is 0 Å². The molecule has 0 radical (unpaired) electrons. The molecule has 0 amide bonds. The lowest BCUT2D eigenvalue weighted by Gasteiger charge is -2.18. The zero-order chi connectivity index (χ0) is 25.5. The number of carbonyl (C=O) groups is 3. The first kappa shape index (κ1) is 24.6. The van der Waals surface area contributed by atoms with E-state index in [1.807, 2.05) is 0 Å². The Hall–Kier alpha value is -4.57. The number of non-ortho nitro benzene ring substituents is 1. The minimum atomic E-state index is -1.10. The van der Waals surface area contributed by atoms with Crippen LogP contribution in [-0.4, -0.2) is 47.9 Å². The van der Waals surface area contributed by atoms with Crippen LogP contribution in [0.4, 0.5) is 5.69 Å². The van der Waals surface area contributed by atoms with Gasteiger partial charge >= 0.3 is 17.9 Å². The van der Waals surface area contributed by atoms with Crippen LogP contribution in [0.5, 0.6) is 0 Å². The van der Waals surface area contributed by atoms with Crippen LogP contribution in [0.3, 0.4) is 0 Å². The van der Waals surface area contributed by atoms with Crippen molar-refractivity contribution < 1.29 is 38.3 Å². The SMILES string of the molecule is O=C(OC[C@H]1O[C@@H](OC(=O)c2ccc([N+](=O)[O-])cc2)C[C@@H]1OC(=O)c1ccccc1)c1ccccc1. The van der Waals surface area contributed by atoms with E-state index in [2.05, 4.69) is 0 Å². The monoisotopic (exact) mass is 491 g/mol. The predicted molar refractivity (Wildman–Crippen MR) is 124 cm³/mol. The minimum absolute atomic E-state index is 0.00481. The minimum Gasteiger partial charge on any atom is -0.459 e. The molecule has 0 unspecified atom stereocenters. The Labute approximate surface area is 205 Å². The Balaban J connectivity index is 1.43. The summed E-state index contributed by atoms with van der Waals surface area (Å²) in [5.74, 6) is -1.96. The number of rotatable bonds is 8. The molecule has 1 saturated heterocycles. The molecular weight excluding hydrogens is 470 g/mol. The van der Waals surface area contributed by atoms with Crippen LogP contribution in [0, 0.1) is 10.1 Å². The zero-order valence-electron chi connectivity index (χ0n) is 18.9. The van der Waals surface area contributed by atoms with Gasteiger partial charge in [-0.2, -0.15) is 0 Å².